The second kappa shape index (κ2) is 8.34. The number of nitrogens with one attached hydrogen (secondary N) is 1. The molecule has 2 aromatic heterocycles. The summed E-state index contributed by atoms with van der Waals surface area (Å²) in [5.41, 5.74) is 7.11. The van der Waals surface area contributed by atoms with Crippen LogP contribution in [0.4, 0.5) is 15.9 Å². The van der Waals surface area contributed by atoms with Gasteiger partial charge in [0.15, 0.2) is 5.82 Å². The molecule has 1 aliphatic rings. The van der Waals surface area contributed by atoms with Crippen LogP contribution in [-0.4, -0.2) is 38.8 Å². The highest BCUT2D eigenvalue weighted by Crippen LogP contribution is 2.30. The minimum atomic E-state index is -0.644. The van der Waals surface area contributed by atoms with Gasteiger partial charge in [-0.15, -0.1) is 0 Å². The van der Waals surface area contributed by atoms with Gasteiger partial charge in [0.25, 0.3) is 5.91 Å². The Morgan fingerprint density at radius 1 is 1.37 bits per heavy atom. The summed E-state index contributed by atoms with van der Waals surface area (Å²) in [6, 6.07) is 9.57. The lowest BCUT2D eigenvalue weighted by Crippen LogP contribution is -2.41. The fourth-order valence-corrected chi connectivity index (χ4v) is 3.61. The average Bonchev–Trinajstić information content (AvgIpc) is 3.40. The summed E-state index contributed by atoms with van der Waals surface area (Å²) in [4.78, 5) is 14.1. The van der Waals surface area contributed by atoms with Crippen molar-refractivity contribution in [3.63, 3.8) is 0 Å². The topological polar surface area (TPSA) is 126 Å². The number of nitrogens with two attached hydrogens (primary N) is 1. The van der Waals surface area contributed by atoms with Crippen molar-refractivity contribution in [3.8, 4) is 6.07 Å². The van der Waals surface area contributed by atoms with Gasteiger partial charge in [-0.3, -0.25) is 14.4 Å². The molecule has 0 saturated carbocycles. The molecule has 0 bridgehead atoms. The Morgan fingerprint density at radius 3 is 2.83 bits per heavy atom. The summed E-state index contributed by atoms with van der Waals surface area (Å²) in [6.45, 7) is 1.89. The summed E-state index contributed by atoms with van der Waals surface area (Å²) >= 11 is 0. The van der Waals surface area contributed by atoms with Crippen LogP contribution < -0.4 is 11.1 Å². The lowest BCUT2D eigenvalue weighted by Gasteiger charge is -2.35. The van der Waals surface area contributed by atoms with E-state index in [4.69, 9.17) is 10.3 Å². The Balaban J connectivity index is 1.59. The number of hydrogen-bond donors (Lipinski definition) is 2. The van der Waals surface area contributed by atoms with Gasteiger partial charge in [-0.05, 0) is 37.2 Å². The Labute approximate surface area is 171 Å². The second-order valence-corrected chi connectivity index (χ2v) is 7.19. The highest BCUT2D eigenvalue weighted by Gasteiger charge is 2.32. The zero-order valence-electron chi connectivity index (χ0n) is 16.0. The number of carbonyl (C=O) groups excluding carboxylic acids is 1. The minimum Gasteiger partial charge on any atom is -0.365 e. The molecule has 3 heterocycles. The Kier molecular flexibility index (Phi) is 5.45. The monoisotopic (exact) mass is 409 g/mol. The summed E-state index contributed by atoms with van der Waals surface area (Å²) < 4.78 is 19.7. The van der Waals surface area contributed by atoms with E-state index in [0.717, 1.165) is 12.2 Å². The van der Waals surface area contributed by atoms with Crippen molar-refractivity contribution < 1.29 is 13.7 Å². The molecule has 0 unspecified atom stereocenters. The van der Waals surface area contributed by atoms with Crippen molar-refractivity contribution in [2.24, 2.45) is 11.7 Å². The molecule has 1 saturated heterocycles. The number of primary amides is 1. The van der Waals surface area contributed by atoms with E-state index in [-0.39, 0.29) is 29.2 Å². The van der Waals surface area contributed by atoms with Gasteiger partial charge in [-0.1, -0.05) is 5.16 Å². The lowest BCUT2D eigenvalue weighted by molar-refractivity contribution is 0.1000. The quantitative estimate of drug-likeness (QED) is 0.640. The largest absolute Gasteiger partial charge is 0.365 e. The molecular formula is C20H20FN7O2. The van der Waals surface area contributed by atoms with Crippen LogP contribution in [-0.2, 0) is 6.54 Å². The number of nitrogens with zero attached hydrogens (tertiary/aromatic N) is 5. The molecule has 2 atom stereocenters. The van der Waals surface area contributed by atoms with Crippen molar-refractivity contribution in [1.82, 2.24) is 19.8 Å². The molecule has 30 heavy (non-hydrogen) atoms. The normalized spacial score (nSPS) is 19.3. The van der Waals surface area contributed by atoms with Crippen LogP contribution >= 0.6 is 0 Å². The van der Waals surface area contributed by atoms with Gasteiger partial charge in [0.05, 0.1) is 23.7 Å². The first kappa shape index (κ1) is 19.6. The first-order chi connectivity index (χ1) is 14.5. The summed E-state index contributed by atoms with van der Waals surface area (Å²) in [5.74, 6) is -1.01. The second-order valence-electron chi connectivity index (χ2n) is 7.19. The average molecular weight is 409 g/mol. The lowest BCUT2D eigenvalue weighted by atomic mass is 9.93. The number of anilines is 2. The van der Waals surface area contributed by atoms with Crippen molar-refractivity contribution in [2.75, 3.05) is 18.4 Å². The Morgan fingerprint density at radius 2 is 2.17 bits per heavy atom. The molecule has 1 aliphatic heterocycles. The van der Waals surface area contributed by atoms with Gasteiger partial charge < -0.3 is 15.6 Å². The van der Waals surface area contributed by atoms with Crippen molar-refractivity contribution in [1.29, 1.82) is 5.26 Å². The number of aromatic nitrogens is 3. The van der Waals surface area contributed by atoms with Crippen LogP contribution in [0.1, 0.15) is 28.5 Å². The molecule has 1 amide bonds. The zero-order valence-corrected chi connectivity index (χ0v) is 16.0. The molecule has 0 radical (unpaired) electrons. The number of halogens is 1. The number of carbonyl (C=O) groups is 1. The van der Waals surface area contributed by atoms with Crippen molar-refractivity contribution in [2.45, 2.75) is 19.0 Å². The van der Waals surface area contributed by atoms with Crippen LogP contribution in [0.5, 0.6) is 0 Å². The number of amides is 1. The molecule has 0 spiro atoms. The molecule has 3 aromatic rings. The third-order valence-electron chi connectivity index (χ3n) is 5.15. The van der Waals surface area contributed by atoms with E-state index in [1.165, 1.54) is 30.5 Å². The first-order valence-corrected chi connectivity index (χ1v) is 9.46. The fourth-order valence-electron chi connectivity index (χ4n) is 3.61. The smallest absolute Gasteiger partial charge is 0.254 e. The summed E-state index contributed by atoms with van der Waals surface area (Å²) in [6.07, 6.45) is 3.74. The van der Waals surface area contributed by atoms with Crippen LogP contribution in [0.25, 0.3) is 0 Å². The fraction of sp³-hybridized carbons (Fsp3) is 0.300. The van der Waals surface area contributed by atoms with E-state index < -0.39 is 5.91 Å². The van der Waals surface area contributed by atoms with Gasteiger partial charge in [0, 0.05) is 31.0 Å². The van der Waals surface area contributed by atoms with E-state index in [1.807, 2.05) is 0 Å². The molecule has 1 fully saturated rings. The molecule has 0 aliphatic carbocycles. The Bertz CT molecular complexity index is 1060. The summed E-state index contributed by atoms with van der Waals surface area (Å²) in [5, 5.41) is 21.1. The number of likely N-dealkylation sites (tertiary alicyclic amines) is 1. The van der Waals surface area contributed by atoms with Gasteiger partial charge >= 0.3 is 0 Å². The van der Waals surface area contributed by atoms with E-state index in [0.29, 0.717) is 25.2 Å². The Hall–Kier alpha value is -3.71. The number of benzene rings is 1. The molecule has 154 valence electrons. The van der Waals surface area contributed by atoms with Gasteiger partial charge in [0.1, 0.15) is 17.6 Å². The van der Waals surface area contributed by atoms with Gasteiger partial charge in [0.2, 0.25) is 0 Å². The zero-order chi connectivity index (χ0) is 21.1. The standard InChI is InChI=1S/C20H20FN7O2/c21-14-1-3-15(4-2-14)24-20-17(19(23)29)11-28(25-20)18-12-27(7-5-13(18)9-22)10-16-6-8-30-26-16/h1-4,6,8,11,13,18H,5,7,10,12H2,(H2,23,29)(H,24,25)/t13-,18+/m1/s1. The van der Waals surface area contributed by atoms with Crippen LogP contribution in [0.3, 0.4) is 0 Å². The maximum absolute atomic E-state index is 13.2. The van der Waals surface area contributed by atoms with E-state index in [2.05, 4.69) is 26.5 Å². The van der Waals surface area contributed by atoms with Gasteiger partial charge in [-0.2, -0.15) is 10.4 Å². The van der Waals surface area contributed by atoms with E-state index in [1.54, 1.807) is 16.9 Å². The van der Waals surface area contributed by atoms with Crippen LogP contribution in [0.15, 0.2) is 47.3 Å². The number of rotatable bonds is 6. The first-order valence-electron chi connectivity index (χ1n) is 9.46. The minimum absolute atomic E-state index is 0.199. The molecular weight excluding hydrogens is 389 g/mol. The maximum Gasteiger partial charge on any atom is 0.254 e. The molecule has 9 nitrogen and oxygen atoms in total. The molecule has 10 heteroatoms. The molecule has 3 N–H and O–H groups in total. The predicted molar refractivity (Wildman–Crippen MR) is 105 cm³/mol. The number of nitriles is 1. The van der Waals surface area contributed by atoms with Crippen LogP contribution in [0.2, 0.25) is 0 Å². The van der Waals surface area contributed by atoms with Crippen molar-refractivity contribution in [3.05, 3.63) is 59.9 Å². The van der Waals surface area contributed by atoms with Crippen molar-refractivity contribution >= 4 is 17.4 Å². The highest BCUT2D eigenvalue weighted by atomic mass is 19.1. The predicted octanol–water partition coefficient (Wildman–Crippen LogP) is 2.44. The maximum atomic E-state index is 13.2. The van der Waals surface area contributed by atoms with Crippen LogP contribution in [0, 0.1) is 23.1 Å². The highest BCUT2D eigenvalue weighted by molar-refractivity contribution is 5.98. The SMILES string of the molecule is N#C[C@H]1CCN(Cc2ccon2)C[C@@H]1n1cc(C(N)=O)c(Nc2ccc(F)cc2)n1. The third-order valence-corrected chi connectivity index (χ3v) is 5.15. The van der Waals surface area contributed by atoms with Gasteiger partial charge in [-0.25, -0.2) is 4.39 Å². The summed E-state index contributed by atoms with van der Waals surface area (Å²) in [7, 11) is 0. The van der Waals surface area contributed by atoms with E-state index in [9.17, 15) is 14.4 Å². The molecule has 1 aromatic carbocycles. The number of hydrogen-bond acceptors (Lipinski definition) is 7. The number of piperidine rings is 1. The molecule has 4 rings (SSSR count). The van der Waals surface area contributed by atoms with E-state index >= 15 is 0 Å². The third kappa shape index (κ3) is 4.16.